The molecule has 0 aliphatic rings. The predicted molar refractivity (Wildman–Crippen MR) is 93.2 cm³/mol. The molecule has 0 unspecified atom stereocenters. The lowest BCUT2D eigenvalue weighted by Crippen LogP contribution is -2.16. The molecule has 0 saturated heterocycles. The third-order valence-electron chi connectivity index (χ3n) is 3.01. The number of benzene rings is 1. The van der Waals surface area contributed by atoms with Gasteiger partial charge in [-0.05, 0) is 62.8 Å². The maximum Gasteiger partial charge on any atom is 0.271 e. The van der Waals surface area contributed by atoms with Crippen LogP contribution in [0.3, 0.4) is 0 Å². The maximum atomic E-state index is 12.1. The van der Waals surface area contributed by atoms with Gasteiger partial charge in [0.1, 0.15) is 4.21 Å². The molecular formula is C15H21N3O2S2. The van der Waals surface area contributed by atoms with E-state index in [0.717, 1.165) is 25.2 Å². The SMILES string of the molecule is CN(C)CCCNc1ccc(NS(=O)(=O)c2cccs2)cc1. The molecule has 0 aliphatic carbocycles. The van der Waals surface area contributed by atoms with E-state index in [2.05, 4.69) is 29.0 Å². The monoisotopic (exact) mass is 339 g/mol. The van der Waals surface area contributed by atoms with E-state index in [-0.39, 0.29) is 0 Å². The molecule has 0 fully saturated rings. The van der Waals surface area contributed by atoms with Gasteiger partial charge in [0.2, 0.25) is 0 Å². The Balaban J connectivity index is 1.89. The van der Waals surface area contributed by atoms with E-state index in [9.17, 15) is 8.42 Å². The van der Waals surface area contributed by atoms with Crippen molar-refractivity contribution < 1.29 is 8.42 Å². The van der Waals surface area contributed by atoms with Gasteiger partial charge in [-0.1, -0.05) is 6.07 Å². The Labute approximate surface area is 136 Å². The van der Waals surface area contributed by atoms with Crippen LogP contribution in [0.15, 0.2) is 46.0 Å². The van der Waals surface area contributed by atoms with Gasteiger partial charge in [-0.15, -0.1) is 11.3 Å². The van der Waals surface area contributed by atoms with Crippen LogP contribution < -0.4 is 10.0 Å². The summed E-state index contributed by atoms with van der Waals surface area (Å²) in [7, 11) is 0.630. The summed E-state index contributed by atoms with van der Waals surface area (Å²) in [5.74, 6) is 0. The molecule has 1 heterocycles. The van der Waals surface area contributed by atoms with Gasteiger partial charge in [0.25, 0.3) is 10.0 Å². The third-order valence-corrected chi connectivity index (χ3v) is 5.79. The molecular weight excluding hydrogens is 318 g/mol. The zero-order valence-corrected chi connectivity index (χ0v) is 14.4. The first-order valence-corrected chi connectivity index (χ1v) is 9.39. The summed E-state index contributed by atoms with van der Waals surface area (Å²) >= 11 is 1.20. The van der Waals surface area contributed by atoms with Crippen LogP contribution in [-0.2, 0) is 10.0 Å². The highest BCUT2D eigenvalue weighted by Gasteiger charge is 2.14. The molecule has 0 bridgehead atoms. The van der Waals surface area contributed by atoms with Crippen molar-refractivity contribution in [3.63, 3.8) is 0 Å². The molecule has 2 aromatic rings. The fourth-order valence-corrected chi connectivity index (χ4v) is 3.96. The fourth-order valence-electron chi connectivity index (χ4n) is 1.91. The second-order valence-electron chi connectivity index (χ2n) is 5.20. The molecule has 0 aliphatic heterocycles. The minimum absolute atomic E-state index is 0.318. The van der Waals surface area contributed by atoms with Crippen molar-refractivity contribution in [1.82, 2.24) is 4.90 Å². The lowest BCUT2D eigenvalue weighted by molar-refractivity contribution is 0.405. The molecule has 22 heavy (non-hydrogen) atoms. The third kappa shape index (κ3) is 5.01. The van der Waals surface area contributed by atoms with Gasteiger partial charge in [-0.2, -0.15) is 0 Å². The smallest absolute Gasteiger partial charge is 0.271 e. The Morgan fingerprint density at radius 1 is 1.09 bits per heavy atom. The Hall–Kier alpha value is -1.57. The van der Waals surface area contributed by atoms with Crippen LogP contribution in [0.25, 0.3) is 0 Å². The van der Waals surface area contributed by atoms with Crippen molar-refractivity contribution in [1.29, 1.82) is 0 Å². The van der Waals surface area contributed by atoms with Crippen LogP contribution in [-0.4, -0.2) is 40.5 Å². The average Bonchev–Trinajstić information content (AvgIpc) is 3.00. The molecule has 0 spiro atoms. The highest BCUT2D eigenvalue weighted by atomic mass is 32.2. The van der Waals surface area contributed by atoms with Gasteiger partial charge < -0.3 is 10.2 Å². The van der Waals surface area contributed by atoms with Gasteiger partial charge in [-0.3, -0.25) is 4.72 Å². The van der Waals surface area contributed by atoms with Crippen molar-refractivity contribution in [2.45, 2.75) is 10.6 Å². The summed E-state index contributed by atoms with van der Waals surface area (Å²) in [6, 6.07) is 10.6. The zero-order chi connectivity index (χ0) is 16.0. The van der Waals surface area contributed by atoms with Crippen molar-refractivity contribution in [3.05, 3.63) is 41.8 Å². The molecule has 0 amide bonds. The van der Waals surface area contributed by atoms with Crippen LogP contribution in [0.1, 0.15) is 6.42 Å². The van der Waals surface area contributed by atoms with Crippen LogP contribution in [0.5, 0.6) is 0 Å². The summed E-state index contributed by atoms with van der Waals surface area (Å²) in [6.07, 6.45) is 1.06. The van der Waals surface area contributed by atoms with Crippen molar-refractivity contribution >= 4 is 32.7 Å². The Kier molecular flexibility index (Phi) is 5.82. The first-order valence-electron chi connectivity index (χ1n) is 7.02. The number of nitrogens with zero attached hydrogens (tertiary/aromatic N) is 1. The number of hydrogen-bond donors (Lipinski definition) is 2. The lowest BCUT2D eigenvalue weighted by Gasteiger charge is -2.11. The number of hydrogen-bond acceptors (Lipinski definition) is 5. The highest BCUT2D eigenvalue weighted by molar-refractivity contribution is 7.94. The molecule has 1 aromatic heterocycles. The molecule has 120 valence electrons. The summed E-state index contributed by atoms with van der Waals surface area (Å²) in [5, 5.41) is 5.06. The summed E-state index contributed by atoms with van der Waals surface area (Å²) in [4.78, 5) is 2.14. The first-order chi connectivity index (χ1) is 10.5. The molecule has 7 heteroatoms. The van der Waals surface area contributed by atoms with Crippen molar-refractivity contribution in [3.8, 4) is 0 Å². The first kappa shape index (κ1) is 16.8. The Morgan fingerprint density at radius 3 is 2.36 bits per heavy atom. The maximum absolute atomic E-state index is 12.1. The summed E-state index contributed by atoms with van der Waals surface area (Å²) < 4.78 is 27.1. The van der Waals surface area contributed by atoms with Gasteiger partial charge in [0.15, 0.2) is 0 Å². The minimum Gasteiger partial charge on any atom is -0.385 e. The molecule has 0 saturated carbocycles. The summed E-state index contributed by atoms with van der Waals surface area (Å²) in [5.41, 5.74) is 1.55. The van der Waals surface area contributed by atoms with E-state index >= 15 is 0 Å². The van der Waals surface area contributed by atoms with E-state index < -0.39 is 10.0 Å². The molecule has 5 nitrogen and oxygen atoms in total. The Morgan fingerprint density at radius 2 is 1.77 bits per heavy atom. The molecule has 2 N–H and O–H groups in total. The summed E-state index contributed by atoms with van der Waals surface area (Å²) in [6.45, 7) is 1.92. The van der Waals surface area contributed by atoms with Gasteiger partial charge >= 0.3 is 0 Å². The van der Waals surface area contributed by atoms with Crippen LogP contribution in [0.2, 0.25) is 0 Å². The second-order valence-corrected chi connectivity index (χ2v) is 8.06. The van der Waals surface area contributed by atoms with E-state index in [1.165, 1.54) is 11.3 Å². The number of rotatable bonds is 8. The van der Waals surface area contributed by atoms with Crippen LogP contribution >= 0.6 is 11.3 Å². The number of anilines is 2. The zero-order valence-electron chi connectivity index (χ0n) is 12.7. The minimum atomic E-state index is -3.47. The average molecular weight is 339 g/mol. The fraction of sp³-hybridized carbons (Fsp3) is 0.333. The van der Waals surface area contributed by atoms with E-state index in [1.807, 2.05) is 12.1 Å². The molecule has 1 aromatic carbocycles. The largest absolute Gasteiger partial charge is 0.385 e. The number of sulfonamides is 1. The molecule has 0 radical (unpaired) electrons. The number of nitrogens with one attached hydrogen (secondary N) is 2. The van der Waals surface area contributed by atoms with E-state index in [4.69, 9.17) is 0 Å². The van der Waals surface area contributed by atoms with E-state index in [0.29, 0.717) is 9.90 Å². The quantitative estimate of drug-likeness (QED) is 0.726. The van der Waals surface area contributed by atoms with Crippen molar-refractivity contribution in [2.75, 3.05) is 37.2 Å². The molecule has 2 rings (SSSR count). The van der Waals surface area contributed by atoms with Crippen molar-refractivity contribution in [2.24, 2.45) is 0 Å². The highest BCUT2D eigenvalue weighted by Crippen LogP contribution is 2.21. The normalized spacial score (nSPS) is 11.6. The van der Waals surface area contributed by atoms with Gasteiger partial charge in [0, 0.05) is 17.9 Å². The molecule has 0 atom stereocenters. The topological polar surface area (TPSA) is 61.4 Å². The van der Waals surface area contributed by atoms with Gasteiger partial charge in [-0.25, -0.2) is 8.42 Å². The second kappa shape index (κ2) is 7.62. The van der Waals surface area contributed by atoms with Gasteiger partial charge in [0.05, 0.1) is 0 Å². The standard InChI is InChI=1S/C15H21N3O2S2/c1-18(2)11-4-10-16-13-6-8-14(9-7-13)17-22(19,20)15-5-3-12-21-15/h3,5-9,12,16-17H,4,10-11H2,1-2H3. The van der Waals surface area contributed by atoms with E-state index in [1.54, 1.807) is 29.6 Å². The van der Waals surface area contributed by atoms with Crippen LogP contribution in [0, 0.1) is 0 Å². The van der Waals surface area contributed by atoms with Crippen LogP contribution in [0.4, 0.5) is 11.4 Å². The predicted octanol–water partition coefficient (Wildman–Crippen LogP) is 2.91. The Bertz CT molecular complexity index is 665. The number of thiophene rings is 1. The lowest BCUT2D eigenvalue weighted by atomic mass is 10.3.